The highest BCUT2D eigenvalue weighted by Gasteiger charge is 2.35. The number of benzene rings is 1. The van der Waals surface area contributed by atoms with E-state index in [0.29, 0.717) is 19.4 Å². The van der Waals surface area contributed by atoms with E-state index < -0.39 is 5.97 Å². The first-order valence-corrected chi connectivity index (χ1v) is 7.79. The molecule has 1 aliphatic heterocycles. The number of nitrogens with one attached hydrogen (secondary N) is 1. The summed E-state index contributed by atoms with van der Waals surface area (Å²) in [6, 6.07) is 5.59. The molecule has 1 amide bonds. The molecule has 1 unspecified atom stereocenters. The molecule has 112 valence electrons. The van der Waals surface area contributed by atoms with Crippen LogP contribution in [-0.4, -0.2) is 29.6 Å². The molecule has 5 nitrogen and oxygen atoms in total. The van der Waals surface area contributed by atoms with Crippen LogP contribution in [0.2, 0.25) is 0 Å². The van der Waals surface area contributed by atoms with Crippen LogP contribution in [0.3, 0.4) is 0 Å². The fraction of sp³-hybridized carbons (Fsp3) is 0.467. The van der Waals surface area contributed by atoms with E-state index in [1.165, 1.54) is 0 Å². The van der Waals surface area contributed by atoms with Gasteiger partial charge in [-0.15, -0.1) is 0 Å². The Morgan fingerprint density at radius 1 is 1.33 bits per heavy atom. The summed E-state index contributed by atoms with van der Waals surface area (Å²) in [6.45, 7) is 0.340. The van der Waals surface area contributed by atoms with Crippen molar-refractivity contribution >= 4 is 27.8 Å². The summed E-state index contributed by atoms with van der Waals surface area (Å²) in [4.78, 5) is 23.4. The molecule has 3 rings (SSSR count). The van der Waals surface area contributed by atoms with Gasteiger partial charge < -0.3 is 15.2 Å². The van der Waals surface area contributed by atoms with Crippen molar-refractivity contribution in [3.05, 3.63) is 28.2 Å². The molecule has 3 atom stereocenters. The Hall–Kier alpha value is -1.56. The van der Waals surface area contributed by atoms with Gasteiger partial charge in [-0.1, -0.05) is 15.9 Å². The third-order valence-electron chi connectivity index (χ3n) is 4.20. The number of hydrogen-bond donors (Lipinski definition) is 2. The minimum Gasteiger partial charge on any atom is -0.492 e. The van der Waals surface area contributed by atoms with Gasteiger partial charge in [-0.3, -0.25) is 9.59 Å². The molecule has 6 heteroatoms. The maximum absolute atomic E-state index is 12.4. The molecular weight excluding hydrogens is 338 g/mol. The summed E-state index contributed by atoms with van der Waals surface area (Å²) in [6.07, 6.45) is 1.87. The predicted molar refractivity (Wildman–Crippen MR) is 79.3 cm³/mol. The highest BCUT2D eigenvalue weighted by atomic mass is 79.9. The molecule has 0 aromatic heterocycles. The number of amides is 1. The zero-order chi connectivity index (χ0) is 15.0. The molecule has 1 heterocycles. The molecule has 21 heavy (non-hydrogen) atoms. The summed E-state index contributed by atoms with van der Waals surface area (Å²) in [5.74, 6) is -0.765. The molecule has 2 N–H and O–H groups in total. The van der Waals surface area contributed by atoms with Crippen molar-refractivity contribution in [3.8, 4) is 5.75 Å². The van der Waals surface area contributed by atoms with E-state index in [1.54, 1.807) is 0 Å². The number of halogens is 1. The van der Waals surface area contributed by atoms with Crippen LogP contribution in [0.4, 0.5) is 0 Å². The lowest BCUT2D eigenvalue weighted by molar-refractivity contribution is -0.141. The van der Waals surface area contributed by atoms with Crippen molar-refractivity contribution in [1.29, 1.82) is 0 Å². The molecule has 1 saturated carbocycles. The number of rotatable bonds is 3. The van der Waals surface area contributed by atoms with Crippen LogP contribution < -0.4 is 10.1 Å². The smallest absolute Gasteiger partial charge is 0.306 e. The summed E-state index contributed by atoms with van der Waals surface area (Å²) in [5, 5.41) is 12.0. The van der Waals surface area contributed by atoms with E-state index in [4.69, 9.17) is 9.84 Å². The monoisotopic (exact) mass is 353 g/mol. The van der Waals surface area contributed by atoms with Crippen molar-refractivity contribution in [1.82, 2.24) is 5.32 Å². The van der Waals surface area contributed by atoms with E-state index in [-0.39, 0.29) is 23.8 Å². The first-order chi connectivity index (χ1) is 10.0. The first-order valence-electron chi connectivity index (χ1n) is 7.00. The lowest BCUT2D eigenvalue weighted by atomic mass is 10.00. The molecule has 1 aromatic rings. The van der Waals surface area contributed by atoms with Crippen molar-refractivity contribution in [3.63, 3.8) is 0 Å². The van der Waals surface area contributed by atoms with Gasteiger partial charge >= 0.3 is 5.97 Å². The zero-order valence-electron chi connectivity index (χ0n) is 11.3. The molecule has 1 aliphatic carbocycles. The van der Waals surface area contributed by atoms with Gasteiger partial charge in [0.2, 0.25) is 5.91 Å². The molecule has 0 spiro atoms. The average molecular weight is 354 g/mol. The largest absolute Gasteiger partial charge is 0.492 e. The van der Waals surface area contributed by atoms with E-state index in [2.05, 4.69) is 21.2 Å². The maximum atomic E-state index is 12.4. The van der Waals surface area contributed by atoms with Gasteiger partial charge in [-0.2, -0.15) is 0 Å². The predicted octanol–water partition coefficient (Wildman–Crippen LogP) is 2.29. The fourth-order valence-electron chi connectivity index (χ4n) is 3.04. The summed E-state index contributed by atoms with van der Waals surface area (Å²) in [7, 11) is 0. The summed E-state index contributed by atoms with van der Waals surface area (Å²) < 4.78 is 6.45. The Kier molecular flexibility index (Phi) is 3.89. The molecule has 0 radical (unpaired) electrons. The normalized spacial score (nSPS) is 27.0. The van der Waals surface area contributed by atoms with Gasteiger partial charge in [0.05, 0.1) is 5.92 Å². The third-order valence-corrected chi connectivity index (χ3v) is 4.69. The van der Waals surface area contributed by atoms with Crippen LogP contribution in [0, 0.1) is 5.92 Å². The van der Waals surface area contributed by atoms with Crippen molar-refractivity contribution in [2.75, 3.05) is 6.61 Å². The van der Waals surface area contributed by atoms with Gasteiger partial charge in [-0.05, 0) is 37.5 Å². The molecule has 0 bridgehead atoms. The topological polar surface area (TPSA) is 75.6 Å². The molecule has 2 aliphatic rings. The van der Waals surface area contributed by atoms with Crippen LogP contribution in [0.15, 0.2) is 22.7 Å². The Bertz CT molecular complexity index is 589. The minimum atomic E-state index is -0.773. The molecule has 1 aromatic carbocycles. The van der Waals surface area contributed by atoms with Crippen LogP contribution in [0.25, 0.3) is 0 Å². The Morgan fingerprint density at radius 2 is 2.14 bits per heavy atom. The number of fused-ring (bicyclic) bond motifs is 1. The minimum absolute atomic E-state index is 0.0465. The Balaban J connectivity index is 1.66. The Morgan fingerprint density at radius 3 is 2.86 bits per heavy atom. The van der Waals surface area contributed by atoms with E-state index in [1.807, 2.05) is 18.2 Å². The number of aliphatic carboxylic acids is 1. The summed E-state index contributed by atoms with van der Waals surface area (Å²) >= 11 is 3.40. The second-order valence-electron chi connectivity index (χ2n) is 5.60. The van der Waals surface area contributed by atoms with E-state index in [9.17, 15) is 9.59 Å². The van der Waals surface area contributed by atoms with Gasteiger partial charge in [-0.25, -0.2) is 0 Å². The second kappa shape index (κ2) is 5.67. The first kappa shape index (κ1) is 14.4. The standard InChI is InChI=1S/C15H16BrNO4/c16-9-2-4-13-11(6-9)12(7-21-13)14(18)17-10-3-1-8(5-10)15(19)20/h2,4,6,8,10,12H,1,3,5,7H2,(H,17,18)(H,19,20)/t8-,10+,12?/m0/s1. The van der Waals surface area contributed by atoms with Crippen LogP contribution in [0.1, 0.15) is 30.7 Å². The second-order valence-corrected chi connectivity index (χ2v) is 6.52. The van der Waals surface area contributed by atoms with Gasteiger partial charge in [0, 0.05) is 16.1 Å². The number of ether oxygens (including phenoxy) is 1. The van der Waals surface area contributed by atoms with Crippen molar-refractivity contribution in [2.45, 2.75) is 31.2 Å². The Labute approximate surface area is 130 Å². The quantitative estimate of drug-likeness (QED) is 0.874. The third kappa shape index (κ3) is 2.90. The number of carbonyl (C=O) groups excluding carboxylic acids is 1. The molecule has 1 fully saturated rings. The number of hydrogen-bond acceptors (Lipinski definition) is 3. The SMILES string of the molecule is O=C(N[C@@H]1CC[C@H](C(=O)O)C1)C1COc2ccc(Br)cc21. The maximum Gasteiger partial charge on any atom is 0.306 e. The van der Waals surface area contributed by atoms with Crippen molar-refractivity contribution < 1.29 is 19.4 Å². The number of carboxylic acids is 1. The van der Waals surface area contributed by atoms with Crippen LogP contribution in [0.5, 0.6) is 5.75 Å². The molecule has 0 saturated heterocycles. The number of carboxylic acid groups (broad SMARTS) is 1. The average Bonchev–Trinajstić information content (AvgIpc) is 3.04. The zero-order valence-corrected chi connectivity index (χ0v) is 12.9. The van der Waals surface area contributed by atoms with Gasteiger partial charge in [0.15, 0.2) is 0 Å². The number of carbonyl (C=O) groups is 2. The fourth-order valence-corrected chi connectivity index (χ4v) is 3.42. The summed E-state index contributed by atoms with van der Waals surface area (Å²) in [5.41, 5.74) is 0.884. The van der Waals surface area contributed by atoms with Crippen molar-refractivity contribution in [2.24, 2.45) is 5.92 Å². The molecular formula is C15H16BrNO4. The van der Waals surface area contributed by atoms with E-state index in [0.717, 1.165) is 22.2 Å². The van der Waals surface area contributed by atoms with Gasteiger partial charge in [0.1, 0.15) is 18.3 Å². The lowest BCUT2D eigenvalue weighted by Crippen LogP contribution is -2.37. The highest BCUT2D eigenvalue weighted by molar-refractivity contribution is 9.10. The highest BCUT2D eigenvalue weighted by Crippen LogP contribution is 2.36. The van der Waals surface area contributed by atoms with Crippen LogP contribution >= 0.6 is 15.9 Å². The lowest BCUT2D eigenvalue weighted by Gasteiger charge is -2.15. The van der Waals surface area contributed by atoms with Gasteiger partial charge in [0.25, 0.3) is 0 Å². The van der Waals surface area contributed by atoms with E-state index >= 15 is 0 Å². The van der Waals surface area contributed by atoms with Crippen LogP contribution in [-0.2, 0) is 9.59 Å².